The Morgan fingerprint density at radius 3 is 2.52 bits per heavy atom. The van der Waals surface area contributed by atoms with Gasteiger partial charge in [0.1, 0.15) is 0 Å². The zero-order valence-corrected chi connectivity index (χ0v) is 20.7. The van der Waals surface area contributed by atoms with Gasteiger partial charge in [0, 0.05) is 43.9 Å². The molecule has 1 saturated heterocycles. The third-order valence-electron chi connectivity index (χ3n) is 6.54. The zero-order chi connectivity index (χ0) is 23.4. The molecule has 0 bridgehead atoms. The molecule has 3 aromatic rings. The molecule has 2 aromatic carbocycles. The van der Waals surface area contributed by atoms with E-state index < -0.39 is 0 Å². The van der Waals surface area contributed by atoms with Crippen molar-refractivity contribution in [2.45, 2.75) is 38.3 Å². The van der Waals surface area contributed by atoms with Crippen molar-refractivity contribution in [2.75, 3.05) is 33.4 Å². The quantitative estimate of drug-likeness (QED) is 0.429. The number of nitrogens with zero attached hydrogens (tertiary/aromatic N) is 1. The fourth-order valence-corrected chi connectivity index (χ4v) is 5.03. The highest BCUT2D eigenvalue weighted by Gasteiger charge is 2.28. The smallest absolute Gasteiger partial charge is 0.251 e. The van der Waals surface area contributed by atoms with Gasteiger partial charge >= 0.3 is 0 Å². The molecular formula is C26H31Cl2N3O2. The number of rotatable bonds is 8. The Morgan fingerprint density at radius 2 is 1.82 bits per heavy atom. The van der Waals surface area contributed by atoms with Gasteiger partial charge in [0.25, 0.3) is 5.56 Å². The summed E-state index contributed by atoms with van der Waals surface area (Å²) in [5.41, 5.74) is 3.95. The van der Waals surface area contributed by atoms with Crippen molar-refractivity contribution in [3.05, 3.63) is 79.6 Å². The first-order chi connectivity index (χ1) is 16.0. The summed E-state index contributed by atoms with van der Waals surface area (Å²) in [5, 5.41) is 5.77. The van der Waals surface area contributed by atoms with Crippen molar-refractivity contribution < 1.29 is 4.74 Å². The third kappa shape index (κ3) is 5.61. The summed E-state index contributed by atoms with van der Waals surface area (Å²) in [5.74, 6) is 0. The van der Waals surface area contributed by atoms with Gasteiger partial charge in [0.2, 0.25) is 0 Å². The summed E-state index contributed by atoms with van der Waals surface area (Å²) in [6.07, 6.45) is 2.85. The summed E-state index contributed by atoms with van der Waals surface area (Å²) in [6, 6.07) is 14.8. The number of ether oxygens (including phenoxy) is 1. The van der Waals surface area contributed by atoms with Crippen LogP contribution >= 0.6 is 23.2 Å². The molecule has 2 heterocycles. The van der Waals surface area contributed by atoms with E-state index in [0.29, 0.717) is 22.5 Å². The number of pyridine rings is 1. The number of piperidine rings is 1. The maximum Gasteiger partial charge on any atom is 0.251 e. The average molecular weight is 488 g/mol. The highest BCUT2D eigenvalue weighted by Crippen LogP contribution is 2.35. The first-order valence-electron chi connectivity index (χ1n) is 11.6. The Balaban J connectivity index is 1.67. The van der Waals surface area contributed by atoms with Gasteiger partial charge in [0.05, 0.1) is 22.7 Å². The first-order valence-corrected chi connectivity index (χ1v) is 12.3. The van der Waals surface area contributed by atoms with Gasteiger partial charge in [-0.05, 0) is 66.1 Å². The number of aromatic amines is 1. The van der Waals surface area contributed by atoms with Gasteiger partial charge in [-0.2, -0.15) is 0 Å². The van der Waals surface area contributed by atoms with Gasteiger partial charge in [-0.3, -0.25) is 9.69 Å². The van der Waals surface area contributed by atoms with Crippen molar-refractivity contribution in [3.63, 3.8) is 0 Å². The lowest BCUT2D eigenvalue weighted by atomic mass is 9.92. The maximum atomic E-state index is 12.2. The number of hydrogen-bond donors (Lipinski definition) is 2. The lowest BCUT2D eigenvalue weighted by molar-refractivity contribution is 0.152. The summed E-state index contributed by atoms with van der Waals surface area (Å²) in [4.78, 5) is 17.8. The number of benzene rings is 2. The number of aryl methyl sites for hydroxylation is 1. The van der Waals surface area contributed by atoms with Crippen LogP contribution in [0, 0.1) is 0 Å². The van der Waals surface area contributed by atoms with Crippen molar-refractivity contribution in [2.24, 2.45) is 0 Å². The Kier molecular flexibility index (Phi) is 8.10. The predicted octanol–water partition coefficient (Wildman–Crippen LogP) is 5.19. The van der Waals surface area contributed by atoms with Crippen molar-refractivity contribution >= 4 is 34.1 Å². The normalized spacial score (nSPS) is 16.4. The molecule has 0 aliphatic carbocycles. The van der Waals surface area contributed by atoms with Gasteiger partial charge in [0.15, 0.2) is 0 Å². The molecule has 1 atom stereocenters. The van der Waals surface area contributed by atoms with E-state index in [-0.39, 0.29) is 11.6 Å². The van der Waals surface area contributed by atoms with E-state index in [0.717, 1.165) is 61.1 Å². The number of hydrogen-bond acceptors (Lipinski definition) is 4. The Hall–Kier alpha value is -1.89. The second-order valence-electron chi connectivity index (χ2n) is 8.66. The number of H-pyrrole nitrogens is 1. The van der Waals surface area contributed by atoms with Crippen LogP contribution in [0.3, 0.4) is 0 Å². The molecule has 0 amide bonds. The van der Waals surface area contributed by atoms with Crippen LogP contribution in [0.15, 0.2) is 47.3 Å². The Bertz CT molecular complexity index is 1160. The predicted molar refractivity (Wildman–Crippen MR) is 137 cm³/mol. The molecule has 1 fully saturated rings. The number of fused-ring (bicyclic) bond motifs is 1. The van der Waals surface area contributed by atoms with E-state index in [2.05, 4.69) is 33.4 Å². The van der Waals surface area contributed by atoms with Crippen LogP contribution in [0.5, 0.6) is 0 Å². The molecule has 0 radical (unpaired) electrons. The SMILES string of the molecule is CCc1cc2cc(C(c3ccc(Cl)c(Cl)c3)N3CCC(NCCOC)CC3)ccc2[nH]c1=O. The Labute approximate surface area is 205 Å². The minimum absolute atomic E-state index is 0.0122. The molecule has 7 heteroatoms. The monoisotopic (exact) mass is 487 g/mol. The van der Waals surface area contributed by atoms with E-state index in [1.54, 1.807) is 7.11 Å². The molecular weight excluding hydrogens is 457 g/mol. The van der Waals surface area contributed by atoms with E-state index in [1.165, 1.54) is 5.56 Å². The van der Waals surface area contributed by atoms with Crippen molar-refractivity contribution in [1.29, 1.82) is 0 Å². The molecule has 176 valence electrons. The number of aromatic nitrogens is 1. The molecule has 33 heavy (non-hydrogen) atoms. The van der Waals surface area contributed by atoms with E-state index in [9.17, 15) is 4.79 Å². The number of likely N-dealkylation sites (tertiary alicyclic amines) is 1. The Morgan fingerprint density at radius 1 is 1.09 bits per heavy atom. The molecule has 2 N–H and O–H groups in total. The zero-order valence-electron chi connectivity index (χ0n) is 19.2. The van der Waals surface area contributed by atoms with Gasteiger partial charge in [-0.1, -0.05) is 42.3 Å². The molecule has 1 aromatic heterocycles. The molecule has 5 nitrogen and oxygen atoms in total. The molecule has 1 aliphatic heterocycles. The lowest BCUT2D eigenvalue weighted by Crippen LogP contribution is -2.44. The van der Waals surface area contributed by atoms with Crippen molar-refractivity contribution in [1.82, 2.24) is 15.2 Å². The van der Waals surface area contributed by atoms with E-state index in [1.807, 2.05) is 31.2 Å². The summed E-state index contributed by atoms with van der Waals surface area (Å²) >= 11 is 12.6. The molecule has 4 rings (SSSR count). The standard InChI is InChI=1S/C26H31Cl2N3O2/c1-3-17-14-20-15-18(5-7-24(20)30-26(17)32)25(19-4-6-22(27)23(28)16-19)31-11-8-21(9-12-31)29-10-13-33-2/h4-7,14-16,21,25,29H,3,8-13H2,1-2H3,(H,30,32). The van der Waals surface area contributed by atoms with Gasteiger partial charge in [-0.15, -0.1) is 0 Å². The molecule has 0 spiro atoms. The second kappa shape index (κ2) is 11.0. The van der Waals surface area contributed by atoms with Crippen LogP contribution in [0.1, 0.15) is 42.5 Å². The molecule has 1 aliphatic rings. The lowest BCUT2D eigenvalue weighted by Gasteiger charge is -2.38. The van der Waals surface area contributed by atoms with E-state index >= 15 is 0 Å². The second-order valence-corrected chi connectivity index (χ2v) is 9.47. The summed E-state index contributed by atoms with van der Waals surface area (Å²) < 4.78 is 5.17. The minimum atomic E-state index is -0.0122. The topological polar surface area (TPSA) is 57.4 Å². The number of nitrogens with one attached hydrogen (secondary N) is 2. The first kappa shape index (κ1) is 24.2. The van der Waals surface area contributed by atoms with E-state index in [4.69, 9.17) is 27.9 Å². The molecule has 1 unspecified atom stereocenters. The van der Waals surface area contributed by atoms with Crippen LogP contribution in [0.25, 0.3) is 10.9 Å². The fourth-order valence-electron chi connectivity index (χ4n) is 4.73. The van der Waals surface area contributed by atoms with Crippen LogP contribution in [0.2, 0.25) is 10.0 Å². The summed E-state index contributed by atoms with van der Waals surface area (Å²) in [6.45, 7) is 5.55. The average Bonchev–Trinajstić information content (AvgIpc) is 2.82. The summed E-state index contributed by atoms with van der Waals surface area (Å²) in [7, 11) is 1.73. The van der Waals surface area contributed by atoms with Crippen LogP contribution in [-0.2, 0) is 11.2 Å². The number of methoxy groups -OCH3 is 1. The van der Waals surface area contributed by atoms with Gasteiger partial charge < -0.3 is 15.0 Å². The van der Waals surface area contributed by atoms with Crippen LogP contribution in [-0.4, -0.2) is 49.3 Å². The highest BCUT2D eigenvalue weighted by molar-refractivity contribution is 6.42. The highest BCUT2D eigenvalue weighted by atomic mass is 35.5. The molecule has 0 saturated carbocycles. The number of halogens is 2. The maximum absolute atomic E-state index is 12.2. The van der Waals surface area contributed by atoms with Crippen LogP contribution < -0.4 is 10.9 Å². The van der Waals surface area contributed by atoms with Gasteiger partial charge in [-0.25, -0.2) is 0 Å². The van der Waals surface area contributed by atoms with Crippen molar-refractivity contribution in [3.8, 4) is 0 Å². The minimum Gasteiger partial charge on any atom is -0.383 e. The largest absolute Gasteiger partial charge is 0.383 e. The fraction of sp³-hybridized carbons (Fsp3) is 0.423. The third-order valence-corrected chi connectivity index (χ3v) is 7.27. The van der Waals surface area contributed by atoms with Crippen LogP contribution in [0.4, 0.5) is 0 Å².